The molecule has 0 amide bonds. The Bertz CT molecular complexity index is 815. The molecule has 2 N–H and O–H groups in total. The number of rotatable bonds is 3. The van der Waals surface area contributed by atoms with E-state index in [-0.39, 0.29) is 0 Å². The van der Waals surface area contributed by atoms with E-state index in [4.69, 9.17) is 17.3 Å². The highest BCUT2D eigenvalue weighted by atomic mass is 35.5. The number of aryl methyl sites for hydroxylation is 3. The fourth-order valence-corrected chi connectivity index (χ4v) is 2.83. The predicted octanol–water partition coefficient (Wildman–Crippen LogP) is 3.26. The molecule has 0 saturated heterocycles. The maximum Gasteiger partial charge on any atom is 0.207 e. The van der Waals surface area contributed by atoms with Crippen molar-refractivity contribution >= 4 is 28.7 Å². The number of nitrogen functional groups attached to an aromatic ring is 1. The lowest BCUT2D eigenvalue weighted by Gasteiger charge is -2.10. The van der Waals surface area contributed by atoms with Gasteiger partial charge in [0.25, 0.3) is 0 Å². The molecule has 0 aliphatic carbocycles. The number of benzene rings is 1. The third-order valence-corrected chi connectivity index (χ3v) is 3.86. The Morgan fingerprint density at radius 2 is 2.10 bits per heavy atom. The first kappa shape index (κ1) is 13.9. The minimum Gasteiger partial charge on any atom is -0.369 e. The number of imidazole rings is 1. The van der Waals surface area contributed by atoms with E-state index in [9.17, 15) is 0 Å². The van der Waals surface area contributed by atoms with Gasteiger partial charge in [-0.25, -0.2) is 9.67 Å². The minimum atomic E-state index is 0.459. The van der Waals surface area contributed by atoms with Crippen LogP contribution in [0.3, 0.4) is 0 Å². The Morgan fingerprint density at radius 1 is 1.33 bits per heavy atom. The second kappa shape index (κ2) is 5.07. The maximum absolute atomic E-state index is 6.15. The van der Waals surface area contributed by atoms with E-state index in [2.05, 4.69) is 17.0 Å². The largest absolute Gasteiger partial charge is 0.369 e. The molecule has 0 aliphatic heterocycles. The molecule has 1 aromatic carbocycles. The van der Waals surface area contributed by atoms with Gasteiger partial charge in [-0.05, 0) is 31.0 Å². The number of fused-ring (bicyclic) bond motifs is 1. The van der Waals surface area contributed by atoms with Crippen molar-refractivity contribution in [3.8, 4) is 5.69 Å². The molecule has 0 unspecified atom stereocenters. The van der Waals surface area contributed by atoms with E-state index < -0.39 is 0 Å². The van der Waals surface area contributed by atoms with Crippen molar-refractivity contribution in [3.63, 3.8) is 0 Å². The van der Waals surface area contributed by atoms with Gasteiger partial charge in [0.1, 0.15) is 5.52 Å². The number of hydrogen-bond acceptors (Lipinski definition) is 3. The fraction of sp³-hybridized carbons (Fsp3) is 0.333. The molecular formula is C15H18ClN5. The lowest BCUT2D eigenvalue weighted by Crippen LogP contribution is -2.06. The summed E-state index contributed by atoms with van der Waals surface area (Å²) in [6, 6.07) is 5.75. The second-order valence-electron chi connectivity index (χ2n) is 5.23. The van der Waals surface area contributed by atoms with Crippen molar-refractivity contribution in [1.82, 2.24) is 19.3 Å². The molecule has 2 aromatic heterocycles. The van der Waals surface area contributed by atoms with Crippen LogP contribution in [-0.2, 0) is 13.5 Å². The Balaban J connectivity index is 2.32. The molecular weight excluding hydrogens is 286 g/mol. The topological polar surface area (TPSA) is 61.7 Å². The molecule has 0 radical (unpaired) electrons. The summed E-state index contributed by atoms with van der Waals surface area (Å²) >= 11 is 6.13. The van der Waals surface area contributed by atoms with Crippen molar-refractivity contribution in [3.05, 3.63) is 34.5 Å². The van der Waals surface area contributed by atoms with Gasteiger partial charge in [0.2, 0.25) is 5.95 Å². The van der Waals surface area contributed by atoms with E-state index in [0.29, 0.717) is 11.0 Å². The number of aromatic nitrogens is 4. The van der Waals surface area contributed by atoms with Crippen LogP contribution in [0.1, 0.15) is 24.6 Å². The monoisotopic (exact) mass is 303 g/mol. The number of anilines is 1. The molecule has 6 heteroatoms. The Morgan fingerprint density at radius 3 is 2.81 bits per heavy atom. The summed E-state index contributed by atoms with van der Waals surface area (Å²) in [5.74, 6) is 0.459. The second-order valence-corrected chi connectivity index (χ2v) is 5.67. The van der Waals surface area contributed by atoms with Gasteiger partial charge in [0, 0.05) is 12.1 Å². The van der Waals surface area contributed by atoms with Crippen LogP contribution in [0.5, 0.6) is 0 Å². The van der Waals surface area contributed by atoms with Crippen LogP contribution in [-0.4, -0.2) is 19.3 Å². The molecule has 110 valence electrons. The van der Waals surface area contributed by atoms with Crippen LogP contribution >= 0.6 is 11.6 Å². The van der Waals surface area contributed by atoms with Gasteiger partial charge in [-0.2, -0.15) is 5.10 Å². The van der Waals surface area contributed by atoms with Gasteiger partial charge in [-0.15, -0.1) is 0 Å². The number of nitrogens with two attached hydrogens (primary N) is 1. The summed E-state index contributed by atoms with van der Waals surface area (Å²) in [5.41, 5.74) is 10.9. The van der Waals surface area contributed by atoms with E-state index in [1.165, 1.54) is 0 Å². The van der Waals surface area contributed by atoms with Gasteiger partial charge >= 0.3 is 0 Å². The quantitative estimate of drug-likeness (QED) is 0.808. The highest BCUT2D eigenvalue weighted by molar-refractivity contribution is 6.30. The summed E-state index contributed by atoms with van der Waals surface area (Å²) in [4.78, 5) is 4.51. The van der Waals surface area contributed by atoms with Gasteiger partial charge in [-0.3, -0.25) is 4.57 Å². The van der Waals surface area contributed by atoms with E-state index in [1.54, 1.807) is 0 Å². The molecule has 5 nitrogen and oxygen atoms in total. The molecule has 0 bridgehead atoms. The Hall–Kier alpha value is -2.01. The summed E-state index contributed by atoms with van der Waals surface area (Å²) < 4.78 is 3.76. The van der Waals surface area contributed by atoms with Crippen molar-refractivity contribution in [1.29, 1.82) is 0 Å². The zero-order valence-electron chi connectivity index (χ0n) is 12.4. The Kier molecular flexibility index (Phi) is 3.37. The van der Waals surface area contributed by atoms with Gasteiger partial charge in [0.15, 0.2) is 5.65 Å². The van der Waals surface area contributed by atoms with E-state index in [1.807, 2.05) is 41.4 Å². The van der Waals surface area contributed by atoms with Crippen LogP contribution in [0.15, 0.2) is 18.2 Å². The van der Waals surface area contributed by atoms with Crippen LogP contribution < -0.4 is 5.73 Å². The molecule has 0 spiro atoms. The van der Waals surface area contributed by atoms with Crippen LogP contribution in [0.4, 0.5) is 5.95 Å². The molecule has 0 aliphatic rings. The zero-order chi connectivity index (χ0) is 15.1. The van der Waals surface area contributed by atoms with Crippen molar-refractivity contribution in [2.75, 3.05) is 5.73 Å². The predicted molar refractivity (Wildman–Crippen MR) is 86.0 cm³/mol. The van der Waals surface area contributed by atoms with Crippen LogP contribution in [0, 0.1) is 6.92 Å². The summed E-state index contributed by atoms with van der Waals surface area (Å²) in [7, 11) is 1.92. The Labute approximate surface area is 128 Å². The lowest BCUT2D eigenvalue weighted by atomic mass is 10.2. The summed E-state index contributed by atoms with van der Waals surface area (Å²) in [6.45, 7) is 4.16. The third kappa shape index (κ3) is 2.17. The van der Waals surface area contributed by atoms with Crippen LogP contribution in [0.2, 0.25) is 5.02 Å². The molecule has 3 rings (SSSR count). The molecule has 0 fully saturated rings. The van der Waals surface area contributed by atoms with Gasteiger partial charge in [0.05, 0.1) is 11.4 Å². The highest BCUT2D eigenvalue weighted by Gasteiger charge is 2.19. The van der Waals surface area contributed by atoms with E-state index in [0.717, 1.165) is 41.0 Å². The lowest BCUT2D eigenvalue weighted by molar-refractivity contribution is 0.737. The number of nitrogens with zero attached hydrogens (tertiary/aromatic N) is 4. The van der Waals surface area contributed by atoms with E-state index >= 15 is 0 Å². The van der Waals surface area contributed by atoms with Gasteiger partial charge in [-0.1, -0.05) is 31.0 Å². The SMILES string of the molecule is CCCc1nn(C)c2c1nc(N)n2-c1cc(Cl)ccc1C. The highest BCUT2D eigenvalue weighted by Crippen LogP contribution is 2.28. The molecule has 0 saturated carbocycles. The average molecular weight is 304 g/mol. The zero-order valence-corrected chi connectivity index (χ0v) is 13.1. The smallest absolute Gasteiger partial charge is 0.207 e. The average Bonchev–Trinajstić information content (AvgIpc) is 2.91. The first-order chi connectivity index (χ1) is 10.0. The maximum atomic E-state index is 6.15. The fourth-order valence-electron chi connectivity index (χ4n) is 2.66. The first-order valence-corrected chi connectivity index (χ1v) is 7.37. The molecule has 0 atom stereocenters. The van der Waals surface area contributed by atoms with Crippen molar-refractivity contribution in [2.24, 2.45) is 7.05 Å². The first-order valence-electron chi connectivity index (χ1n) is 6.99. The van der Waals surface area contributed by atoms with Crippen molar-refractivity contribution in [2.45, 2.75) is 26.7 Å². The number of hydrogen-bond donors (Lipinski definition) is 1. The molecule has 3 aromatic rings. The molecule has 2 heterocycles. The van der Waals surface area contributed by atoms with Crippen molar-refractivity contribution < 1.29 is 0 Å². The minimum absolute atomic E-state index is 0.459. The van der Waals surface area contributed by atoms with Crippen LogP contribution in [0.25, 0.3) is 16.9 Å². The standard InChI is InChI=1S/C15H18ClN5/c1-4-5-11-13-14(20(3)19-11)21(15(17)18-13)12-8-10(16)7-6-9(12)2/h6-8H,4-5H2,1-3H3,(H2,17,18). The third-order valence-electron chi connectivity index (χ3n) is 3.63. The normalized spacial score (nSPS) is 11.4. The summed E-state index contributed by atoms with van der Waals surface area (Å²) in [6.07, 6.45) is 1.91. The molecule has 21 heavy (non-hydrogen) atoms. The summed E-state index contributed by atoms with van der Waals surface area (Å²) in [5, 5.41) is 5.24. The number of halogens is 1. The van der Waals surface area contributed by atoms with Gasteiger partial charge < -0.3 is 5.73 Å².